The molecule has 1 aliphatic rings. The van der Waals surface area contributed by atoms with Crippen molar-refractivity contribution < 1.29 is 4.79 Å². The topological polar surface area (TPSA) is 42.0 Å². The maximum Gasteiger partial charge on any atom is 0.270 e. The molecule has 4 heteroatoms. The number of hydrogen-bond donors (Lipinski definition) is 1. The molecule has 0 bridgehead atoms. The molecule has 2 heterocycles. The summed E-state index contributed by atoms with van der Waals surface area (Å²) in [4.78, 5) is 18.1. The first-order chi connectivity index (χ1) is 11.2. The SMILES string of the molecule is CC1CCCCCCCCC1NC(=O)c1ccc2ccsc2n1. The van der Waals surface area contributed by atoms with E-state index in [4.69, 9.17) is 0 Å². The predicted octanol–water partition coefficient (Wildman–Crippen LogP) is 5.17. The van der Waals surface area contributed by atoms with Gasteiger partial charge in [-0.15, -0.1) is 11.3 Å². The molecule has 1 amide bonds. The fourth-order valence-corrected chi connectivity index (χ4v) is 4.22. The zero-order chi connectivity index (χ0) is 16.1. The van der Waals surface area contributed by atoms with E-state index < -0.39 is 0 Å². The Labute approximate surface area is 142 Å². The zero-order valence-corrected chi connectivity index (χ0v) is 14.7. The number of carbonyl (C=O) groups is 1. The summed E-state index contributed by atoms with van der Waals surface area (Å²) in [6, 6.07) is 6.15. The van der Waals surface area contributed by atoms with Crippen molar-refractivity contribution in [2.45, 2.75) is 64.3 Å². The Morgan fingerprint density at radius 2 is 1.83 bits per heavy atom. The molecule has 1 aliphatic carbocycles. The maximum atomic E-state index is 12.6. The molecule has 2 aromatic rings. The van der Waals surface area contributed by atoms with Crippen LogP contribution in [0.1, 0.15) is 68.8 Å². The Bertz CT molecular complexity index is 652. The van der Waals surface area contributed by atoms with Crippen molar-refractivity contribution in [1.82, 2.24) is 10.3 Å². The molecular formula is C19H26N2OS. The summed E-state index contributed by atoms with van der Waals surface area (Å²) in [6.45, 7) is 2.28. The highest BCUT2D eigenvalue weighted by molar-refractivity contribution is 7.16. The highest BCUT2D eigenvalue weighted by Gasteiger charge is 2.21. The second-order valence-electron chi connectivity index (χ2n) is 6.77. The van der Waals surface area contributed by atoms with Crippen molar-refractivity contribution in [3.05, 3.63) is 29.3 Å². The van der Waals surface area contributed by atoms with Crippen molar-refractivity contribution in [3.63, 3.8) is 0 Å². The van der Waals surface area contributed by atoms with E-state index in [1.165, 1.54) is 44.9 Å². The smallest absolute Gasteiger partial charge is 0.270 e. The first-order valence-corrected chi connectivity index (χ1v) is 9.77. The quantitative estimate of drug-likeness (QED) is 0.826. The summed E-state index contributed by atoms with van der Waals surface area (Å²) in [5, 5.41) is 6.39. The molecule has 3 rings (SSSR count). The third kappa shape index (κ3) is 4.31. The Balaban J connectivity index is 1.68. The van der Waals surface area contributed by atoms with Crippen LogP contribution in [0.25, 0.3) is 10.2 Å². The second-order valence-corrected chi connectivity index (χ2v) is 7.66. The fourth-order valence-electron chi connectivity index (χ4n) is 3.45. The number of carbonyl (C=O) groups excluding carboxylic acids is 1. The third-order valence-electron chi connectivity index (χ3n) is 4.98. The Kier molecular flexibility index (Phi) is 5.65. The molecule has 0 aliphatic heterocycles. The van der Waals surface area contributed by atoms with Crippen molar-refractivity contribution >= 4 is 27.5 Å². The number of fused-ring (bicyclic) bond motifs is 1. The molecular weight excluding hydrogens is 304 g/mol. The number of hydrogen-bond acceptors (Lipinski definition) is 3. The molecule has 0 radical (unpaired) electrons. The first kappa shape index (κ1) is 16.4. The number of nitrogens with one attached hydrogen (secondary N) is 1. The normalized spacial score (nSPS) is 23.5. The zero-order valence-electron chi connectivity index (χ0n) is 13.9. The Hall–Kier alpha value is -1.42. The molecule has 2 unspecified atom stereocenters. The van der Waals surface area contributed by atoms with Crippen LogP contribution in [0.15, 0.2) is 23.6 Å². The van der Waals surface area contributed by atoms with E-state index in [2.05, 4.69) is 17.2 Å². The number of nitrogens with zero attached hydrogens (tertiary/aromatic N) is 1. The van der Waals surface area contributed by atoms with Gasteiger partial charge < -0.3 is 5.32 Å². The van der Waals surface area contributed by atoms with Gasteiger partial charge in [-0.25, -0.2) is 4.98 Å². The van der Waals surface area contributed by atoms with Crippen LogP contribution in [0.5, 0.6) is 0 Å². The van der Waals surface area contributed by atoms with Crippen LogP contribution in [0, 0.1) is 5.92 Å². The van der Waals surface area contributed by atoms with Gasteiger partial charge in [0.1, 0.15) is 10.5 Å². The van der Waals surface area contributed by atoms with Gasteiger partial charge in [0.2, 0.25) is 0 Å². The molecule has 2 aromatic heterocycles. The summed E-state index contributed by atoms with van der Waals surface area (Å²) in [6.07, 6.45) is 10.1. The summed E-state index contributed by atoms with van der Waals surface area (Å²) in [5.41, 5.74) is 0.546. The number of thiophene rings is 1. The van der Waals surface area contributed by atoms with E-state index in [9.17, 15) is 4.79 Å². The minimum atomic E-state index is -0.0193. The predicted molar refractivity (Wildman–Crippen MR) is 97.0 cm³/mol. The number of pyridine rings is 1. The third-order valence-corrected chi connectivity index (χ3v) is 5.80. The lowest BCUT2D eigenvalue weighted by molar-refractivity contribution is 0.0912. The van der Waals surface area contributed by atoms with Crippen molar-refractivity contribution in [2.75, 3.05) is 0 Å². The van der Waals surface area contributed by atoms with Crippen LogP contribution in [-0.2, 0) is 0 Å². The summed E-state index contributed by atoms with van der Waals surface area (Å²) < 4.78 is 0. The van der Waals surface area contributed by atoms with Gasteiger partial charge in [-0.3, -0.25) is 4.79 Å². The molecule has 0 spiro atoms. The van der Waals surface area contributed by atoms with E-state index in [0.717, 1.165) is 16.6 Å². The van der Waals surface area contributed by atoms with Gasteiger partial charge >= 0.3 is 0 Å². The highest BCUT2D eigenvalue weighted by Crippen LogP contribution is 2.23. The lowest BCUT2D eigenvalue weighted by Crippen LogP contribution is -2.40. The van der Waals surface area contributed by atoms with Gasteiger partial charge in [-0.05, 0) is 42.3 Å². The molecule has 0 aromatic carbocycles. The fraction of sp³-hybridized carbons (Fsp3) is 0.579. The largest absolute Gasteiger partial charge is 0.348 e. The van der Waals surface area contributed by atoms with E-state index in [0.29, 0.717) is 11.6 Å². The number of aromatic nitrogens is 1. The minimum absolute atomic E-state index is 0.0193. The lowest BCUT2D eigenvalue weighted by atomic mass is 9.89. The van der Waals surface area contributed by atoms with Crippen LogP contribution in [0.2, 0.25) is 0 Å². The molecule has 124 valence electrons. The van der Waals surface area contributed by atoms with E-state index in [1.54, 1.807) is 11.3 Å². The Morgan fingerprint density at radius 1 is 1.09 bits per heavy atom. The van der Waals surface area contributed by atoms with Crippen LogP contribution in [0.3, 0.4) is 0 Å². The van der Waals surface area contributed by atoms with Gasteiger partial charge in [0, 0.05) is 11.4 Å². The molecule has 1 N–H and O–H groups in total. The first-order valence-electron chi connectivity index (χ1n) is 8.89. The van der Waals surface area contributed by atoms with Gasteiger partial charge in [0.05, 0.1) is 0 Å². The van der Waals surface area contributed by atoms with E-state index in [1.807, 2.05) is 23.6 Å². The number of amides is 1. The van der Waals surface area contributed by atoms with Crippen molar-refractivity contribution in [3.8, 4) is 0 Å². The number of rotatable bonds is 2. The molecule has 1 saturated carbocycles. The molecule has 2 atom stereocenters. The van der Waals surface area contributed by atoms with Crippen molar-refractivity contribution in [1.29, 1.82) is 0 Å². The van der Waals surface area contributed by atoms with Crippen LogP contribution in [-0.4, -0.2) is 16.9 Å². The van der Waals surface area contributed by atoms with Gasteiger partial charge in [0.25, 0.3) is 5.91 Å². The molecule has 1 fully saturated rings. The monoisotopic (exact) mass is 330 g/mol. The molecule has 23 heavy (non-hydrogen) atoms. The van der Waals surface area contributed by atoms with Crippen molar-refractivity contribution in [2.24, 2.45) is 5.92 Å². The van der Waals surface area contributed by atoms with Gasteiger partial charge in [-0.1, -0.05) is 45.4 Å². The van der Waals surface area contributed by atoms with E-state index in [-0.39, 0.29) is 11.9 Å². The van der Waals surface area contributed by atoms with Gasteiger partial charge in [-0.2, -0.15) is 0 Å². The standard InChI is InChI=1S/C19H26N2OS/c1-14-8-6-4-2-3-5-7-9-16(14)20-18(22)17-11-10-15-12-13-23-19(15)21-17/h10-14,16H,2-9H2,1H3,(H,20,22). The molecule has 3 nitrogen and oxygen atoms in total. The van der Waals surface area contributed by atoms with Crippen LogP contribution >= 0.6 is 11.3 Å². The maximum absolute atomic E-state index is 12.6. The van der Waals surface area contributed by atoms with Gasteiger partial charge in [0.15, 0.2) is 0 Å². The lowest BCUT2D eigenvalue weighted by Gasteiger charge is -2.26. The summed E-state index contributed by atoms with van der Waals surface area (Å²) >= 11 is 1.59. The highest BCUT2D eigenvalue weighted by atomic mass is 32.1. The average molecular weight is 330 g/mol. The Morgan fingerprint density at radius 3 is 2.65 bits per heavy atom. The average Bonchev–Trinajstić information content (AvgIpc) is 3.03. The molecule has 0 saturated heterocycles. The summed E-state index contributed by atoms with van der Waals surface area (Å²) in [7, 11) is 0. The van der Waals surface area contributed by atoms with Crippen LogP contribution in [0.4, 0.5) is 0 Å². The van der Waals surface area contributed by atoms with Crippen LogP contribution < -0.4 is 5.32 Å². The summed E-state index contributed by atoms with van der Waals surface area (Å²) in [5.74, 6) is 0.525. The minimum Gasteiger partial charge on any atom is -0.348 e. The van der Waals surface area contributed by atoms with E-state index >= 15 is 0 Å². The second kappa shape index (κ2) is 7.91.